The van der Waals surface area contributed by atoms with Gasteiger partial charge in [-0.1, -0.05) is 12.8 Å². The highest BCUT2D eigenvalue weighted by molar-refractivity contribution is 5.67. The minimum atomic E-state index is -0.743. The van der Waals surface area contributed by atoms with E-state index in [1.54, 1.807) is 12.4 Å². The Morgan fingerprint density at radius 1 is 1.71 bits per heavy atom. The molecule has 1 fully saturated rings. The number of aromatic amines is 1. The van der Waals surface area contributed by atoms with Gasteiger partial charge in [0.2, 0.25) is 0 Å². The van der Waals surface area contributed by atoms with Crippen LogP contribution in [0.4, 0.5) is 0 Å². The molecule has 0 aromatic carbocycles. The van der Waals surface area contributed by atoms with Gasteiger partial charge in [-0.25, -0.2) is 4.98 Å². The molecule has 1 heterocycles. The molecule has 76 valence electrons. The van der Waals surface area contributed by atoms with E-state index in [1.165, 1.54) is 12.8 Å². The highest BCUT2D eigenvalue weighted by Gasteiger charge is 2.28. The van der Waals surface area contributed by atoms with Crippen molar-refractivity contribution in [3.63, 3.8) is 0 Å². The van der Waals surface area contributed by atoms with Crippen molar-refractivity contribution in [2.75, 3.05) is 0 Å². The highest BCUT2D eigenvalue weighted by Crippen LogP contribution is 2.39. The van der Waals surface area contributed by atoms with Gasteiger partial charge in [-0.15, -0.1) is 0 Å². The average Bonchev–Trinajstić information content (AvgIpc) is 2.79. The third-order valence-electron chi connectivity index (χ3n) is 2.64. The number of rotatable bonds is 5. The lowest BCUT2D eigenvalue weighted by Gasteiger charge is -2.10. The third kappa shape index (κ3) is 2.34. The summed E-state index contributed by atoms with van der Waals surface area (Å²) in [6, 6.07) is 0. The van der Waals surface area contributed by atoms with Crippen LogP contribution in [-0.2, 0) is 4.79 Å². The molecule has 4 nitrogen and oxygen atoms in total. The summed E-state index contributed by atoms with van der Waals surface area (Å²) in [5.74, 6) is 0.866. The third-order valence-corrected chi connectivity index (χ3v) is 2.64. The molecule has 0 spiro atoms. The second kappa shape index (κ2) is 3.82. The Hall–Kier alpha value is -1.32. The van der Waals surface area contributed by atoms with Crippen molar-refractivity contribution in [3.8, 4) is 0 Å². The Balaban J connectivity index is 2.00. The van der Waals surface area contributed by atoms with Crippen LogP contribution in [0.25, 0.3) is 0 Å². The van der Waals surface area contributed by atoms with Crippen LogP contribution in [0.1, 0.15) is 37.4 Å². The molecule has 1 aliphatic rings. The number of aliphatic carboxylic acids is 1. The lowest BCUT2D eigenvalue weighted by atomic mass is 9.98. The molecule has 1 aliphatic carbocycles. The van der Waals surface area contributed by atoms with Crippen molar-refractivity contribution >= 4 is 5.97 Å². The summed E-state index contributed by atoms with van der Waals surface area (Å²) in [6.07, 6.45) is 7.06. The maximum Gasteiger partial charge on any atom is 0.304 e. The maximum atomic E-state index is 10.7. The minimum absolute atomic E-state index is 0.0648. The fraction of sp³-hybridized carbons (Fsp3) is 0.600. The van der Waals surface area contributed by atoms with Gasteiger partial charge in [0.25, 0.3) is 0 Å². The highest BCUT2D eigenvalue weighted by atomic mass is 16.4. The predicted molar refractivity (Wildman–Crippen MR) is 50.9 cm³/mol. The number of nitrogens with zero attached hydrogens (tertiary/aromatic N) is 1. The van der Waals surface area contributed by atoms with Gasteiger partial charge in [-0.3, -0.25) is 4.79 Å². The van der Waals surface area contributed by atoms with Gasteiger partial charge in [-0.2, -0.15) is 0 Å². The summed E-state index contributed by atoms with van der Waals surface area (Å²) in [4.78, 5) is 17.8. The molecule has 1 atom stereocenters. The van der Waals surface area contributed by atoms with Crippen LogP contribution in [0, 0.1) is 5.92 Å². The second-order valence-electron chi connectivity index (χ2n) is 3.95. The largest absolute Gasteiger partial charge is 0.481 e. The summed E-state index contributed by atoms with van der Waals surface area (Å²) < 4.78 is 0. The Kier molecular flexibility index (Phi) is 2.52. The number of H-pyrrole nitrogens is 1. The van der Waals surface area contributed by atoms with Crippen LogP contribution in [0.2, 0.25) is 0 Å². The van der Waals surface area contributed by atoms with Crippen molar-refractivity contribution in [2.24, 2.45) is 5.92 Å². The van der Waals surface area contributed by atoms with E-state index in [2.05, 4.69) is 9.97 Å². The van der Waals surface area contributed by atoms with Gasteiger partial charge in [-0.05, 0) is 12.3 Å². The first-order valence-electron chi connectivity index (χ1n) is 4.97. The van der Waals surface area contributed by atoms with Crippen molar-refractivity contribution in [3.05, 3.63) is 18.2 Å². The van der Waals surface area contributed by atoms with E-state index >= 15 is 0 Å². The van der Waals surface area contributed by atoms with E-state index < -0.39 is 5.97 Å². The van der Waals surface area contributed by atoms with Crippen molar-refractivity contribution in [1.29, 1.82) is 0 Å². The Labute approximate surface area is 82.4 Å². The first-order chi connectivity index (χ1) is 6.75. The van der Waals surface area contributed by atoms with Crippen molar-refractivity contribution in [1.82, 2.24) is 9.97 Å². The predicted octanol–water partition coefficient (Wildman–Crippen LogP) is 1.77. The summed E-state index contributed by atoms with van der Waals surface area (Å²) in [5.41, 5.74) is 0. The van der Waals surface area contributed by atoms with Gasteiger partial charge < -0.3 is 10.1 Å². The fourth-order valence-electron chi connectivity index (χ4n) is 1.76. The maximum absolute atomic E-state index is 10.7. The molecule has 1 aromatic heterocycles. The van der Waals surface area contributed by atoms with Crippen LogP contribution in [0.3, 0.4) is 0 Å². The first kappa shape index (κ1) is 9.24. The van der Waals surface area contributed by atoms with Gasteiger partial charge >= 0.3 is 5.97 Å². The molecule has 14 heavy (non-hydrogen) atoms. The molecule has 0 aliphatic heterocycles. The summed E-state index contributed by atoms with van der Waals surface area (Å²) in [7, 11) is 0. The fourth-order valence-corrected chi connectivity index (χ4v) is 1.76. The Morgan fingerprint density at radius 3 is 3.00 bits per heavy atom. The lowest BCUT2D eigenvalue weighted by Crippen LogP contribution is -2.08. The van der Waals surface area contributed by atoms with E-state index in [-0.39, 0.29) is 12.3 Å². The number of nitrogens with one attached hydrogen (secondary N) is 1. The Morgan fingerprint density at radius 2 is 2.50 bits per heavy atom. The number of aromatic nitrogens is 2. The molecule has 1 saturated carbocycles. The van der Waals surface area contributed by atoms with Gasteiger partial charge in [0.15, 0.2) is 0 Å². The molecule has 1 aromatic rings. The SMILES string of the molecule is O=C(O)CC(CC1CC1)c1ncc[nH]1. The molecule has 0 amide bonds. The topological polar surface area (TPSA) is 66.0 Å². The van der Waals surface area contributed by atoms with Crippen LogP contribution in [-0.4, -0.2) is 21.0 Å². The molecular weight excluding hydrogens is 180 g/mol. The van der Waals surface area contributed by atoms with Crippen LogP contribution < -0.4 is 0 Å². The Bertz CT molecular complexity index is 304. The smallest absolute Gasteiger partial charge is 0.304 e. The number of imidazole rings is 1. The summed E-state index contributed by atoms with van der Waals surface area (Å²) in [6.45, 7) is 0. The zero-order valence-electron chi connectivity index (χ0n) is 7.94. The van der Waals surface area contributed by atoms with Crippen molar-refractivity contribution < 1.29 is 9.90 Å². The van der Waals surface area contributed by atoms with Crippen LogP contribution in [0.5, 0.6) is 0 Å². The standard InChI is InChI=1S/C10H14N2O2/c13-9(14)6-8(5-7-1-2-7)10-11-3-4-12-10/h3-4,7-8H,1-2,5-6H2,(H,11,12)(H,13,14). The molecule has 0 bridgehead atoms. The number of carbonyl (C=O) groups is 1. The van der Waals surface area contributed by atoms with Crippen molar-refractivity contribution in [2.45, 2.75) is 31.6 Å². The number of hydrogen-bond acceptors (Lipinski definition) is 2. The van der Waals surface area contributed by atoms with Gasteiger partial charge in [0.05, 0.1) is 6.42 Å². The van der Waals surface area contributed by atoms with E-state index in [9.17, 15) is 4.79 Å². The van der Waals surface area contributed by atoms with E-state index in [4.69, 9.17) is 5.11 Å². The first-order valence-corrected chi connectivity index (χ1v) is 4.97. The van der Waals surface area contributed by atoms with Gasteiger partial charge in [0.1, 0.15) is 5.82 Å². The zero-order chi connectivity index (χ0) is 9.97. The number of carboxylic acid groups (broad SMARTS) is 1. The molecule has 2 rings (SSSR count). The summed E-state index contributed by atoms with van der Waals surface area (Å²) >= 11 is 0. The zero-order valence-corrected chi connectivity index (χ0v) is 7.94. The molecular formula is C10H14N2O2. The lowest BCUT2D eigenvalue weighted by molar-refractivity contribution is -0.137. The normalized spacial score (nSPS) is 18.0. The van der Waals surface area contributed by atoms with E-state index in [0.29, 0.717) is 0 Å². The average molecular weight is 194 g/mol. The number of carboxylic acids is 1. The minimum Gasteiger partial charge on any atom is -0.481 e. The second-order valence-corrected chi connectivity index (χ2v) is 3.95. The molecule has 4 heteroatoms. The summed E-state index contributed by atoms with van der Waals surface area (Å²) in [5, 5.41) is 8.77. The molecule has 0 radical (unpaired) electrons. The molecule has 1 unspecified atom stereocenters. The van der Waals surface area contributed by atoms with E-state index in [0.717, 1.165) is 18.2 Å². The quantitative estimate of drug-likeness (QED) is 0.750. The van der Waals surface area contributed by atoms with Crippen LogP contribution >= 0.6 is 0 Å². The van der Waals surface area contributed by atoms with Gasteiger partial charge in [0, 0.05) is 18.3 Å². The number of hydrogen-bond donors (Lipinski definition) is 2. The monoisotopic (exact) mass is 194 g/mol. The molecule has 0 saturated heterocycles. The molecule has 2 N–H and O–H groups in total. The van der Waals surface area contributed by atoms with Crippen LogP contribution in [0.15, 0.2) is 12.4 Å². The van der Waals surface area contributed by atoms with E-state index in [1.807, 2.05) is 0 Å².